The molecule has 98 valence electrons. The molecule has 2 N–H and O–H groups in total. The summed E-state index contributed by atoms with van der Waals surface area (Å²) in [5.74, 6) is 0.358. The Labute approximate surface area is 117 Å². The van der Waals surface area contributed by atoms with Crippen molar-refractivity contribution in [1.29, 1.82) is 0 Å². The fourth-order valence-electron chi connectivity index (χ4n) is 2.24. The van der Waals surface area contributed by atoms with Gasteiger partial charge < -0.3 is 10.2 Å². The van der Waals surface area contributed by atoms with Gasteiger partial charge in [0.2, 0.25) is 0 Å². The number of aromatic hydroxyl groups is 2. The zero-order valence-corrected chi connectivity index (χ0v) is 10.8. The summed E-state index contributed by atoms with van der Waals surface area (Å²) in [6, 6.07) is 18.7. The van der Waals surface area contributed by atoms with Crippen molar-refractivity contribution < 1.29 is 10.2 Å². The Bertz CT molecular complexity index is 774. The molecule has 0 atom stereocenters. The Balaban J connectivity index is 2.09. The van der Waals surface area contributed by atoms with E-state index in [1.807, 2.05) is 48.5 Å². The van der Waals surface area contributed by atoms with E-state index in [1.165, 1.54) is 0 Å². The highest BCUT2D eigenvalue weighted by Crippen LogP contribution is 2.36. The third-order valence-electron chi connectivity index (χ3n) is 3.28. The van der Waals surface area contributed by atoms with Crippen molar-refractivity contribution in [1.82, 2.24) is 0 Å². The summed E-state index contributed by atoms with van der Waals surface area (Å²) in [5.41, 5.74) is 1.64. The molecule has 0 aliphatic carbocycles. The first-order valence-corrected chi connectivity index (χ1v) is 6.42. The van der Waals surface area contributed by atoms with Gasteiger partial charge in [0.05, 0.1) is 0 Å². The molecule has 0 saturated carbocycles. The van der Waals surface area contributed by atoms with Crippen LogP contribution >= 0.6 is 0 Å². The maximum absolute atomic E-state index is 10.3. The quantitative estimate of drug-likeness (QED) is 0.530. The van der Waals surface area contributed by atoms with E-state index < -0.39 is 0 Å². The molecule has 0 bridgehead atoms. The maximum Gasteiger partial charge on any atom is 0.130 e. The molecule has 0 aliphatic heterocycles. The predicted octanol–water partition coefficient (Wildman–Crippen LogP) is 4.42. The fraction of sp³-hybridized carbons (Fsp3) is 0. The molecule has 3 rings (SSSR count). The minimum atomic E-state index is 0.172. The molecule has 0 unspecified atom stereocenters. The largest absolute Gasteiger partial charge is 0.507 e. The van der Waals surface area contributed by atoms with E-state index in [0.717, 1.165) is 5.56 Å². The standard InChI is InChI=1S/C18H14O2/c19-17-12-14(11-10-13-6-2-1-3-7-13)18(20)16-9-5-4-8-15(16)17/h1-12,19-20H/b11-10-. The number of fused-ring (bicyclic) bond motifs is 1. The van der Waals surface area contributed by atoms with Gasteiger partial charge in [0.15, 0.2) is 0 Å². The van der Waals surface area contributed by atoms with Crippen LogP contribution in [0.15, 0.2) is 60.7 Å². The average Bonchev–Trinajstić information content (AvgIpc) is 2.50. The van der Waals surface area contributed by atoms with E-state index in [2.05, 4.69) is 0 Å². The van der Waals surface area contributed by atoms with Crippen LogP contribution in [0.2, 0.25) is 0 Å². The Morgan fingerprint density at radius 1 is 0.700 bits per heavy atom. The van der Waals surface area contributed by atoms with E-state index >= 15 is 0 Å². The summed E-state index contributed by atoms with van der Waals surface area (Å²) in [6.45, 7) is 0. The molecule has 0 saturated heterocycles. The van der Waals surface area contributed by atoms with Crippen molar-refractivity contribution in [2.24, 2.45) is 0 Å². The van der Waals surface area contributed by atoms with Crippen molar-refractivity contribution in [3.63, 3.8) is 0 Å². The highest BCUT2D eigenvalue weighted by Gasteiger charge is 2.08. The van der Waals surface area contributed by atoms with Gasteiger partial charge in [0.25, 0.3) is 0 Å². The molecular formula is C18H14O2. The second-order valence-electron chi connectivity index (χ2n) is 4.62. The van der Waals surface area contributed by atoms with E-state index in [9.17, 15) is 10.2 Å². The highest BCUT2D eigenvalue weighted by molar-refractivity contribution is 5.96. The topological polar surface area (TPSA) is 40.5 Å². The van der Waals surface area contributed by atoms with Gasteiger partial charge in [-0.2, -0.15) is 0 Å². The SMILES string of the molecule is Oc1cc(/C=C\c2ccccc2)c(O)c2ccccc12. The first-order valence-electron chi connectivity index (χ1n) is 6.42. The molecule has 3 aromatic carbocycles. The summed E-state index contributed by atoms with van der Waals surface area (Å²) in [7, 11) is 0. The van der Waals surface area contributed by atoms with Crippen molar-refractivity contribution in [2.75, 3.05) is 0 Å². The number of hydrogen-bond donors (Lipinski definition) is 2. The van der Waals surface area contributed by atoms with E-state index in [-0.39, 0.29) is 11.5 Å². The Morgan fingerprint density at radius 2 is 1.35 bits per heavy atom. The van der Waals surface area contributed by atoms with Gasteiger partial charge in [-0.3, -0.25) is 0 Å². The Morgan fingerprint density at radius 3 is 2.10 bits per heavy atom. The monoisotopic (exact) mass is 262 g/mol. The second kappa shape index (κ2) is 5.10. The van der Waals surface area contributed by atoms with E-state index in [4.69, 9.17) is 0 Å². The molecule has 2 nitrogen and oxygen atoms in total. The maximum atomic E-state index is 10.3. The lowest BCUT2D eigenvalue weighted by molar-refractivity contribution is 0.468. The Hall–Kier alpha value is -2.74. The van der Waals surface area contributed by atoms with E-state index in [1.54, 1.807) is 24.3 Å². The Kier molecular flexibility index (Phi) is 3.13. The van der Waals surface area contributed by atoms with Gasteiger partial charge in [-0.05, 0) is 11.6 Å². The third kappa shape index (κ3) is 2.24. The molecule has 0 aromatic heterocycles. The molecule has 0 radical (unpaired) electrons. The molecular weight excluding hydrogens is 248 g/mol. The van der Waals surface area contributed by atoms with Crippen LogP contribution in [0.25, 0.3) is 22.9 Å². The molecule has 3 aromatic rings. The van der Waals surface area contributed by atoms with Gasteiger partial charge in [-0.15, -0.1) is 0 Å². The summed E-state index contributed by atoms with van der Waals surface area (Å²) < 4.78 is 0. The fourth-order valence-corrected chi connectivity index (χ4v) is 2.24. The van der Waals surface area contributed by atoms with Gasteiger partial charge in [-0.25, -0.2) is 0 Å². The van der Waals surface area contributed by atoms with Crippen molar-refractivity contribution in [2.45, 2.75) is 0 Å². The zero-order chi connectivity index (χ0) is 13.9. The molecule has 0 spiro atoms. The molecule has 0 heterocycles. The zero-order valence-electron chi connectivity index (χ0n) is 10.8. The summed E-state index contributed by atoms with van der Waals surface area (Å²) in [6.07, 6.45) is 3.71. The third-order valence-corrected chi connectivity index (χ3v) is 3.28. The minimum Gasteiger partial charge on any atom is -0.507 e. The van der Waals surface area contributed by atoms with Crippen molar-refractivity contribution in [3.8, 4) is 11.5 Å². The average molecular weight is 262 g/mol. The molecule has 20 heavy (non-hydrogen) atoms. The van der Waals surface area contributed by atoms with Gasteiger partial charge >= 0.3 is 0 Å². The molecule has 0 amide bonds. The van der Waals surface area contributed by atoms with Crippen LogP contribution < -0.4 is 0 Å². The minimum absolute atomic E-state index is 0.172. The van der Waals surface area contributed by atoms with Crippen molar-refractivity contribution >= 4 is 22.9 Å². The smallest absolute Gasteiger partial charge is 0.130 e. The summed E-state index contributed by atoms with van der Waals surface area (Å²) in [4.78, 5) is 0. The summed E-state index contributed by atoms with van der Waals surface area (Å²) in [5, 5.41) is 21.6. The molecule has 2 heteroatoms. The van der Waals surface area contributed by atoms with Crippen LogP contribution in [0.5, 0.6) is 11.5 Å². The normalized spacial score (nSPS) is 11.2. The molecule has 0 fully saturated rings. The van der Waals surface area contributed by atoms with Crippen LogP contribution in [0.4, 0.5) is 0 Å². The van der Waals surface area contributed by atoms with Crippen LogP contribution in [0, 0.1) is 0 Å². The first-order chi connectivity index (χ1) is 9.75. The van der Waals surface area contributed by atoms with Gasteiger partial charge in [-0.1, -0.05) is 66.7 Å². The number of rotatable bonds is 2. The summed E-state index contributed by atoms with van der Waals surface area (Å²) >= 11 is 0. The van der Waals surface area contributed by atoms with Crippen molar-refractivity contribution in [3.05, 3.63) is 71.8 Å². The lowest BCUT2D eigenvalue weighted by atomic mass is 10.0. The number of hydrogen-bond acceptors (Lipinski definition) is 2. The van der Waals surface area contributed by atoms with Crippen LogP contribution in [-0.4, -0.2) is 10.2 Å². The number of phenolic OH excluding ortho intramolecular Hbond substituents is 2. The lowest BCUT2D eigenvalue weighted by Crippen LogP contribution is -1.80. The molecule has 0 aliphatic rings. The van der Waals surface area contributed by atoms with Crippen LogP contribution in [0.1, 0.15) is 11.1 Å². The van der Waals surface area contributed by atoms with E-state index in [0.29, 0.717) is 16.3 Å². The first kappa shape index (κ1) is 12.3. The predicted molar refractivity (Wildman–Crippen MR) is 82.6 cm³/mol. The van der Waals surface area contributed by atoms with Crippen LogP contribution in [0.3, 0.4) is 0 Å². The highest BCUT2D eigenvalue weighted by atomic mass is 16.3. The second-order valence-corrected chi connectivity index (χ2v) is 4.62. The van der Waals surface area contributed by atoms with Gasteiger partial charge in [0.1, 0.15) is 11.5 Å². The number of benzene rings is 3. The van der Waals surface area contributed by atoms with Crippen LogP contribution in [-0.2, 0) is 0 Å². The lowest BCUT2D eigenvalue weighted by Gasteiger charge is -2.07. The number of phenols is 2. The van der Waals surface area contributed by atoms with Gasteiger partial charge in [0, 0.05) is 16.3 Å².